The number of anilines is 1. The number of rotatable bonds is 13. The van der Waals surface area contributed by atoms with Gasteiger partial charge < -0.3 is 25.0 Å². The molecule has 0 radical (unpaired) electrons. The van der Waals surface area contributed by atoms with Crippen molar-refractivity contribution >= 4 is 23.6 Å². The van der Waals surface area contributed by atoms with Crippen molar-refractivity contribution in [2.45, 2.75) is 112 Å². The molecule has 8 nitrogen and oxygen atoms in total. The minimum absolute atomic E-state index is 0.205. The third-order valence-corrected chi connectivity index (χ3v) is 7.66. The fourth-order valence-corrected chi connectivity index (χ4v) is 4.95. The molecule has 0 aliphatic rings. The summed E-state index contributed by atoms with van der Waals surface area (Å²) in [6, 6.07) is 10.9. The molecular weight excluding hydrogens is 542 g/mol. The maximum atomic E-state index is 14.7. The van der Waals surface area contributed by atoms with Crippen LogP contribution < -0.4 is 15.4 Å². The number of alkyl carbamates (subject to hydrolysis) is 1. The number of methoxy groups -OCH3 is 1. The highest BCUT2D eigenvalue weighted by Crippen LogP contribution is 2.32. The summed E-state index contributed by atoms with van der Waals surface area (Å²) >= 11 is 0. The first-order valence-corrected chi connectivity index (χ1v) is 15.4. The Balaban J connectivity index is 2.70. The Kier molecular flexibility index (Phi) is 13.1. The van der Waals surface area contributed by atoms with Crippen molar-refractivity contribution in [2.75, 3.05) is 12.4 Å². The molecule has 43 heavy (non-hydrogen) atoms. The van der Waals surface area contributed by atoms with Crippen LogP contribution in [0.1, 0.15) is 97.4 Å². The lowest BCUT2D eigenvalue weighted by Crippen LogP contribution is -2.57. The first kappa shape index (κ1) is 35.6. The van der Waals surface area contributed by atoms with Gasteiger partial charge >= 0.3 is 6.09 Å². The number of carbonyl (C=O) groups excluding carboxylic acids is 3. The summed E-state index contributed by atoms with van der Waals surface area (Å²) in [7, 11) is 1.59. The van der Waals surface area contributed by atoms with Gasteiger partial charge in [-0.05, 0) is 102 Å². The van der Waals surface area contributed by atoms with Crippen LogP contribution in [0.4, 0.5) is 10.5 Å². The van der Waals surface area contributed by atoms with Gasteiger partial charge in [-0.25, -0.2) is 4.79 Å². The van der Waals surface area contributed by atoms with Crippen LogP contribution in [-0.2, 0) is 14.3 Å². The zero-order valence-electron chi connectivity index (χ0n) is 28.0. The van der Waals surface area contributed by atoms with Crippen molar-refractivity contribution in [3.63, 3.8) is 0 Å². The van der Waals surface area contributed by atoms with Crippen molar-refractivity contribution in [3.8, 4) is 5.75 Å². The number of nitrogens with zero attached hydrogens (tertiary/aromatic N) is 1. The van der Waals surface area contributed by atoms with Crippen LogP contribution in [0, 0.1) is 25.7 Å². The van der Waals surface area contributed by atoms with Crippen molar-refractivity contribution in [2.24, 2.45) is 11.8 Å². The van der Waals surface area contributed by atoms with E-state index in [-0.39, 0.29) is 23.8 Å². The molecule has 2 aromatic carbocycles. The fraction of sp³-hybridized carbons (Fsp3) is 0.571. The third-order valence-electron chi connectivity index (χ3n) is 7.66. The van der Waals surface area contributed by atoms with E-state index in [0.717, 1.165) is 23.1 Å². The second-order valence-electron chi connectivity index (χ2n) is 13.1. The van der Waals surface area contributed by atoms with Crippen molar-refractivity contribution in [1.82, 2.24) is 10.2 Å². The molecule has 2 N–H and O–H groups in total. The SMILES string of the molecule is CCC(C)C(NC(=O)OC(C)(C)C)C(=O)N(C(C)CCC(C)C)C(C(=O)Nc1ccc(OC)cc1)c1cc(C)ccc1C. The predicted molar refractivity (Wildman–Crippen MR) is 173 cm³/mol. The summed E-state index contributed by atoms with van der Waals surface area (Å²) in [6.45, 7) is 19.5. The molecule has 0 aliphatic carbocycles. The Bertz CT molecular complexity index is 1220. The lowest BCUT2D eigenvalue weighted by molar-refractivity contribution is -0.144. The molecule has 0 spiro atoms. The third kappa shape index (κ3) is 10.6. The summed E-state index contributed by atoms with van der Waals surface area (Å²) in [5.74, 6) is 0.240. The van der Waals surface area contributed by atoms with Crippen molar-refractivity contribution < 1.29 is 23.9 Å². The topological polar surface area (TPSA) is 97.0 Å². The van der Waals surface area contributed by atoms with Crippen molar-refractivity contribution in [3.05, 3.63) is 59.2 Å². The quantitative estimate of drug-likeness (QED) is 0.249. The molecule has 0 aliphatic heterocycles. The highest BCUT2D eigenvalue weighted by Gasteiger charge is 2.41. The van der Waals surface area contributed by atoms with Crippen LogP contribution >= 0.6 is 0 Å². The van der Waals surface area contributed by atoms with Crippen LogP contribution in [0.3, 0.4) is 0 Å². The maximum Gasteiger partial charge on any atom is 0.408 e. The summed E-state index contributed by atoms with van der Waals surface area (Å²) in [5, 5.41) is 5.91. The van der Waals surface area contributed by atoms with Gasteiger partial charge in [0.15, 0.2) is 0 Å². The number of amides is 3. The van der Waals surface area contributed by atoms with E-state index in [1.54, 1.807) is 57.0 Å². The Morgan fingerprint density at radius 3 is 2.09 bits per heavy atom. The first-order chi connectivity index (χ1) is 20.1. The van der Waals surface area contributed by atoms with E-state index in [1.165, 1.54) is 0 Å². The average molecular weight is 596 g/mol. The zero-order valence-corrected chi connectivity index (χ0v) is 28.0. The Labute approximate surface area is 258 Å². The molecule has 3 amide bonds. The van der Waals surface area contributed by atoms with Gasteiger partial charge in [0, 0.05) is 11.7 Å². The summed E-state index contributed by atoms with van der Waals surface area (Å²) < 4.78 is 10.8. The molecule has 2 aromatic rings. The molecule has 0 heterocycles. The molecule has 0 fully saturated rings. The molecule has 4 atom stereocenters. The lowest BCUT2D eigenvalue weighted by Gasteiger charge is -2.40. The van der Waals surface area contributed by atoms with Gasteiger partial charge in [-0.15, -0.1) is 0 Å². The van der Waals surface area contributed by atoms with E-state index >= 15 is 0 Å². The zero-order chi connectivity index (χ0) is 32.5. The average Bonchev–Trinajstić information content (AvgIpc) is 2.93. The standard InChI is InChI=1S/C35H53N3O5/c1-12-24(5)30(37-34(41)43-35(8,9)10)33(40)38(26(7)16-13-22(2)3)31(29-21-23(4)14-15-25(29)6)32(39)36-27-17-19-28(42-11)20-18-27/h14-15,17-22,24,26,30-31H,12-13,16H2,1-11H3,(H,36,39)(H,37,41). The number of carbonyl (C=O) groups is 3. The highest BCUT2D eigenvalue weighted by atomic mass is 16.6. The van der Waals surface area contributed by atoms with E-state index in [4.69, 9.17) is 9.47 Å². The first-order valence-electron chi connectivity index (χ1n) is 15.4. The molecular formula is C35H53N3O5. The molecule has 238 valence electrons. The van der Waals surface area contributed by atoms with Crippen LogP contribution in [0.5, 0.6) is 5.75 Å². The van der Waals surface area contributed by atoms with Crippen LogP contribution in [0.2, 0.25) is 0 Å². The van der Waals surface area contributed by atoms with E-state index < -0.39 is 23.8 Å². The van der Waals surface area contributed by atoms with E-state index in [1.807, 2.05) is 52.8 Å². The molecule has 0 saturated carbocycles. The minimum atomic E-state index is -0.941. The summed E-state index contributed by atoms with van der Waals surface area (Å²) in [5.41, 5.74) is 2.49. The Morgan fingerprint density at radius 2 is 1.56 bits per heavy atom. The summed E-state index contributed by atoms with van der Waals surface area (Å²) in [4.78, 5) is 43.8. The van der Waals surface area contributed by atoms with Gasteiger partial charge in [0.2, 0.25) is 5.91 Å². The largest absolute Gasteiger partial charge is 0.497 e. The fourth-order valence-electron chi connectivity index (χ4n) is 4.95. The number of hydrogen-bond donors (Lipinski definition) is 2. The maximum absolute atomic E-state index is 14.7. The monoisotopic (exact) mass is 595 g/mol. The number of nitrogens with one attached hydrogen (secondary N) is 2. The molecule has 0 aromatic heterocycles. The van der Waals surface area contributed by atoms with Gasteiger partial charge in [-0.2, -0.15) is 0 Å². The normalized spacial score (nSPS) is 14.3. The van der Waals surface area contributed by atoms with Crippen LogP contribution in [-0.4, -0.2) is 47.6 Å². The number of ether oxygens (including phenoxy) is 2. The number of benzene rings is 2. The Morgan fingerprint density at radius 1 is 0.930 bits per heavy atom. The smallest absolute Gasteiger partial charge is 0.408 e. The lowest BCUT2D eigenvalue weighted by atomic mass is 9.91. The van der Waals surface area contributed by atoms with Gasteiger partial charge in [0.05, 0.1) is 7.11 Å². The predicted octanol–water partition coefficient (Wildman–Crippen LogP) is 7.58. The van der Waals surface area contributed by atoms with Gasteiger partial charge in [-0.1, -0.05) is 57.9 Å². The van der Waals surface area contributed by atoms with E-state index in [9.17, 15) is 14.4 Å². The molecule has 0 bridgehead atoms. The Hall–Kier alpha value is -3.55. The second kappa shape index (κ2) is 15.8. The summed E-state index contributed by atoms with van der Waals surface area (Å²) in [6.07, 6.45) is 1.55. The minimum Gasteiger partial charge on any atom is -0.497 e. The molecule has 8 heteroatoms. The second-order valence-corrected chi connectivity index (χ2v) is 13.1. The van der Waals surface area contributed by atoms with Gasteiger partial charge in [0.1, 0.15) is 23.4 Å². The van der Waals surface area contributed by atoms with E-state index in [0.29, 0.717) is 30.2 Å². The molecule has 4 unspecified atom stereocenters. The van der Waals surface area contributed by atoms with Crippen LogP contribution in [0.15, 0.2) is 42.5 Å². The van der Waals surface area contributed by atoms with Gasteiger partial charge in [-0.3, -0.25) is 9.59 Å². The van der Waals surface area contributed by atoms with E-state index in [2.05, 4.69) is 24.5 Å². The molecule has 2 rings (SSSR count). The number of aryl methyl sites for hydroxylation is 2. The van der Waals surface area contributed by atoms with Crippen LogP contribution in [0.25, 0.3) is 0 Å². The molecule has 0 saturated heterocycles. The van der Waals surface area contributed by atoms with Gasteiger partial charge in [0.25, 0.3) is 5.91 Å². The highest BCUT2D eigenvalue weighted by molar-refractivity contribution is 5.99. The number of hydrogen-bond acceptors (Lipinski definition) is 5. The van der Waals surface area contributed by atoms with Crippen molar-refractivity contribution in [1.29, 1.82) is 0 Å².